The maximum Gasteiger partial charge on any atom is 0.0782 e. The first kappa shape index (κ1) is 24.8. The van der Waals surface area contributed by atoms with Gasteiger partial charge in [-0.1, -0.05) is 0 Å². The summed E-state index contributed by atoms with van der Waals surface area (Å²) in [4.78, 5) is 1.70. The number of rotatable bonds is 19. The molecule has 0 aromatic heterocycles. The Hall–Kier alpha value is -0.160. The van der Waals surface area contributed by atoms with Crippen LogP contribution in [0.3, 0.4) is 0 Å². The van der Waals surface area contributed by atoms with Crippen molar-refractivity contribution in [3.63, 3.8) is 0 Å². The predicted octanol–water partition coefficient (Wildman–Crippen LogP) is 2.77. The van der Waals surface area contributed by atoms with Gasteiger partial charge in [-0.25, -0.2) is 0 Å². The minimum absolute atomic E-state index is 0.914. The van der Waals surface area contributed by atoms with Gasteiger partial charge in [0.25, 0.3) is 0 Å². The van der Waals surface area contributed by atoms with Crippen LogP contribution in [0.4, 0.5) is 0 Å². The van der Waals surface area contributed by atoms with Crippen molar-refractivity contribution in [2.75, 3.05) is 74.8 Å². The molecule has 1 N–H and O–H groups in total. The normalized spacial score (nSPS) is 13.3. The molecule has 0 heterocycles. The topological polar surface area (TPSA) is 22.9 Å². The van der Waals surface area contributed by atoms with Gasteiger partial charge in [0.2, 0.25) is 0 Å². The quantitative estimate of drug-likeness (QED) is 0.283. The molecule has 0 amide bonds. The Bertz CT molecular complexity index is 273. The lowest BCUT2D eigenvalue weighted by Crippen LogP contribution is -3.09. The Morgan fingerprint density at radius 2 is 1.00 bits per heavy atom. The number of ether oxygens (including phenoxy) is 2. The number of hydrogen-bond acceptors (Lipinski definition) is 2. The molecule has 0 rings (SSSR count). The second-order valence-corrected chi connectivity index (χ2v) is 8.36. The summed E-state index contributed by atoms with van der Waals surface area (Å²) >= 11 is 0. The molecule has 4 heteroatoms. The molecule has 0 fully saturated rings. The molecule has 152 valence electrons. The highest BCUT2D eigenvalue weighted by Crippen LogP contribution is 2.08. The van der Waals surface area contributed by atoms with Crippen LogP contribution in [0.25, 0.3) is 0 Å². The van der Waals surface area contributed by atoms with Crippen LogP contribution in [0.2, 0.25) is 0 Å². The zero-order chi connectivity index (χ0) is 18.8. The first-order valence-electron chi connectivity index (χ1n) is 10.6. The lowest BCUT2D eigenvalue weighted by Gasteiger charge is -2.30. The van der Waals surface area contributed by atoms with Gasteiger partial charge in [-0.05, 0) is 64.2 Å². The third-order valence-electron chi connectivity index (χ3n) is 5.18. The Labute approximate surface area is 158 Å². The molecule has 1 unspecified atom stereocenters. The zero-order valence-corrected chi connectivity index (χ0v) is 18.1. The monoisotopic (exact) mass is 360 g/mol. The van der Waals surface area contributed by atoms with E-state index >= 15 is 0 Å². The van der Waals surface area contributed by atoms with Crippen LogP contribution in [-0.2, 0) is 9.47 Å². The van der Waals surface area contributed by atoms with Crippen LogP contribution in [0, 0.1) is 0 Å². The van der Waals surface area contributed by atoms with Gasteiger partial charge in [-0.3, -0.25) is 0 Å². The highest BCUT2D eigenvalue weighted by molar-refractivity contribution is 4.46. The molecule has 0 aliphatic rings. The summed E-state index contributed by atoms with van der Waals surface area (Å²) < 4.78 is 11.4. The Kier molecular flexibility index (Phi) is 17.2. The molecule has 0 saturated heterocycles. The summed E-state index contributed by atoms with van der Waals surface area (Å²) in [5.74, 6) is 0. The van der Waals surface area contributed by atoms with E-state index in [0.29, 0.717) is 0 Å². The third kappa shape index (κ3) is 18.4. The molecule has 4 nitrogen and oxygen atoms in total. The lowest BCUT2D eigenvalue weighted by molar-refractivity contribution is -0.890. The molecule has 0 saturated carbocycles. The Balaban J connectivity index is 3.42. The largest absolute Gasteiger partial charge is 0.385 e. The van der Waals surface area contributed by atoms with Crippen LogP contribution < -0.4 is 4.90 Å². The fourth-order valence-electron chi connectivity index (χ4n) is 3.37. The minimum Gasteiger partial charge on any atom is -0.385 e. The second-order valence-electron chi connectivity index (χ2n) is 8.36. The summed E-state index contributed by atoms with van der Waals surface area (Å²) in [6.45, 7) is 7.11. The zero-order valence-electron chi connectivity index (χ0n) is 18.1. The van der Waals surface area contributed by atoms with Crippen LogP contribution in [0.1, 0.15) is 64.2 Å². The van der Waals surface area contributed by atoms with Gasteiger partial charge in [0.1, 0.15) is 0 Å². The molecule has 25 heavy (non-hydrogen) atoms. The number of nitrogens with zero attached hydrogens (tertiary/aromatic N) is 1. The van der Waals surface area contributed by atoms with E-state index in [-0.39, 0.29) is 0 Å². The van der Waals surface area contributed by atoms with Crippen LogP contribution in [-0.4, -0.2) is 79.2 Å². The smallest absolute Gasteiger partial charge is 0.0782 e. The van der Waals surface area contributed by atoms with E-state index in [9.17, 15) is 0 Å². The first-order valence-corrected chi connectivity index (χ1v) is 10.6. The molecule has 0 aromatic rings. The molecule has 0 bridgehead atoms. The van der Waals surface area contributed by atoms with Gasteiger partial charge < -0.3 is 18.9 Å². The van der Waals surface area contributed by atoms with Crippen molar-refractivity contribution in [1.82, 2.24) is 0 Å². The summed E-state index contributed by atoms with van der Waals surface area (Å²) in [6, 6.07) is 0. The van der Waals surface area contributed by atoms with E-state index in [2.05, 4.69) is 21.1 Å². The number of methoxy groups -OCH3 is 2. The SMILES string of the molecule is COCCCCC[NH+](C)CCCCCC[N+](C)(C)CCCCCOC. The van der Waals surface area contributed by atoms with Gasteiger partial charge in [-0.15, -0.1) is 0 Å². The fraction of sp³-hybridized carbons (Fsp3) is 1.00. The number of quaternary nitrogens is 2. The summed E-state index contributed by atoms with van der Waals surface area (Å²) in [7, 11) is 10.7. The van der Waals surface area contributed by atoms with Crippen LogP contribution in [0.5, 0.6) is 0 Å². The highest BCUT2D eigenvalue weighted by Gasteiger charge is 2.13. The van der Waals surface area contributed by atoms with Crippen LogP contribution in [0.15, 0.2) is 0 Å². The average molecular weight is 361 g/mol. The fourth-order valence-corrected chi connectivity index (χ4v) is 3.37. The van der Waals surface area contributed by atoms with Crippen molar-refractivity contribution >= 4 is 0 Å². The van der Waals surface area contributed by atoms with E-state index in [4.69, 9.17) is 9.47 Å². The van der Waals surface area contributed by atoms with Crippen molar-refractivity contribution in [1.29, 1.82) is 0 Å². The molecule has 1 atom stereocenters. The van der Waals surface area contributed by atoms with E-state index < -0.39 is 0 Å². The summed E-state index contributed by atoms with van der Waals surface area (Å²) in [6.07, 6.45) is 13.2. The van der Waals surface area contributed by atoms with Gasteiger partial charge in [0.05, 0.1) is 47.3 Å². The van der Waals surface area contributed by atoms with Gasteiger partial charge >= 0.3 is 0 Å². The molecule has 0 aliphatic carbocycles. The molecular formula is C21H48N2O2+2. The number of unbranched alkanes of at least 4 members (excludes halogenated alkanes) is 7. The Morgan fingerprint density at radius 3 is 1.48 bits per heavy atom. The first-order chi connectivity index (χ1) is 12.0. The highest BCUT2D eigenvalue weighted by atomic mass is 16.5. The molecular weight excluding hydrogens is 312 g/mol. The lowest BCUT2D eigenvalue weighted by atomic mass is 10.1. The van der Waals surface area contributed by atoms with E-state index in [1.807, 2.05) is 0 Å². The molecule has 0 aliphatic heterocycles. The van der Waals surface area contributed by atoms with Gasteiger partial charge in [0.15, 0.2) is 0 Å². The predicted molar refractivity (Wildman–Crippen MR) is 108 cm³/mol. The van der Waals surface area contributed by atoms with E-state index in [1.54, 1.807) is 19.1 Å². The number of nitrogens with one attached hydrogen (secondary N) is 1. The van der Waals surface area contributed by atoms with E-state index in [0.717, 1.165) is 13.2 Å². The standard InChI is InChI=1S/C21H47N2O2/c1-22(17-11-8-14-20-24-4)16-10-6-7-12-18-23(2,3)19-13-9-15-21-25-5/h6-21H2,1-5H3/q+1/p+1. The second kappa shape index (κ2) is 17.3. The maximum absolute atomic E-state index is 5.12. The van der Waals surface area contributed by atoms with Crippen LogP contribution >= 0.6 is 0 Å². The molecule has 0 spiro atoms. The van der Waals surface area contributed by atoms with Gasteiger partial charge in [-0.2, -0.15) is 0 Å². The maximum atomic E-state index is 5.12. The minimum atomic E-state index is 0.914. The van der Waals surface area contributed by atoms with Crippen molar-refractivity contribution in [3.8, 4) is 0 Å². The van der Waals surface area contributed by atoms with Crippen molar-refractivity contribution in [3.05, 3.63) is 0 Å². The summed E-state index contributed by atoms with van der Waals surface area (Å²) in [5, 5.41) is 0. The average Bonchev–Trinajstić information content (AvgIpc) is 2.57. The molecule has 0 radical (unpaired) electrons. The van der Waals surface area contributed by atoms with E-state index in [1.165, 1.54) is 94.9 Å². The summed E-state index contributed by atoms with van der Waals surface area (Å²) in [5.41, 5.74) is 0. The van der Waals surface area contributed by atoms with Crippen molar-refractivity contribution in [2.24, 2.45) is 0 Å². The number of hydrogen-bond donors (Lipinski definition) is 1. The van der Waals surface area contributed by atoms with Gasteiger partial charge in [0, 0.05) is 27.4 Å². The van der Waals surface area contributed by atoms with Crippen molar-refractivity contribution in [2.45, 2.75) is 64.2 Å². The Morgan fingerprint density at radius 1 is 0.600 bits per heavy atom. The third-order valence-corrected chi connectivity index (χ3v) is 5.18. The van der Waals surface area contributed by atoms with Crippen molar-refractivity contribution < 1.29 is 18.9 Å². The molecule has 0 aromatic carbocycles.